The van der Waals surface area contributed by atoms with E-state index in [9.17, 15) is 27.3 Å². The van der Waals surface area contributed by atoms with Crippen LogP contribution < -0.4 is 14.8 Å². The van der Waals surface area contributed by atoms with Gasteiger partial charge in [0.25, 0.3) is 0 Å². The first-order valence-corrected chi connectivity index (χ1v) is 12.6. The maximum absolute atomic E-state index is 12.5. The van der Waals surface area contributed by atoms with Crippen LogP contribution in [0.3, 0.4) is 0 Å². The molecule has 0 saturated heterocycles. The van der Waals surface area contributed by atoms with Crippen molar-refractivity contribution in [1.29, 1.82) is 0 Å². The van der Waals surface area contributed by atoms with Crippen molar-refractivity contribution in [3.8, 4) is 17.4 Å². The fourth-order valence-electron chi connectivity index (χ4n) is 2.31. The SMILES string of the molecule is CCCCOC(=O)C(C)Oc1ccc(Oc2ccc(C(F)(F)F)cn2)cc1.O=C(O)CNCP(=O)(O)O. The Kier molecular flexibility index (Phi) is 13.0. The van der Waals surface area contributed by atoms with E-state index < -0.39 is 50.2 Å². The number of pyridine rings is 1. The van der Waals surface area contributed by atoms with Gasteiger partial charge in [-0.1, -0.05) is 13.3 Å². The van der Waals surface area contributed by atoms with Crippen LogP contribution in [0.4, 0.5) is 13.2 Å². The molecule has 11 nitrogen and oxygen atoms in total. The second-order valence-corrected chi connectivity index (χ2v) is 9.03. The number of halogens is 3. The number of ether oxygens (including phenoxy) is 3. The Morgan fingerprint density at radius 2 is 1.73 bits per heavy atom. The average molecular weight is 552 g/mol. The summed E-state index contributed by atoms with van der Waals surface area (Å²) in [6.07, 6.45) is -3.37. The number of nitrogens with one attached hydrogen (secondary N) is 1. The first kappa shape index (κ1) is 31.8. The number of carbonyl (C=O) groups excluding carboxylic acids is 1. The number of carboxylic acid groups (broad SMARTS) is 1. The third-order valence-electron chi connectivity index (χ3n) is 4.09. The summed E-state index contributed by atoms with van der Waals surface area (Å²) < 4.78 is 63.5. The molecule has 0 saturated carbocycles. The number of carboxylic acids is 1. The van der Waals surface area contributed by atoms with Gasteiger partial charge < -0.3 is 29.1 Å². The van der Waals surface area contributed by atoms with E-state index >= 15 is 0 Å². The van der Waals surface area contributed by atoms with Crippen molar-refractivity contribution in [2.75, 3.05) is 19.4 Å². The number of nitrogens with zero attached hydrogens (tertiary/aromatic N) is 1. The van der Waals surface area contributed by atoms with E-state index in [1.807, 2.05) is 6.92 Å². The van der Waals surface area contributed by atoms with Crippen LogP contribution >= 0.6 is 7.60 Å². The maximum Gasteiger partial charge on any atom is 0.417 e. The van der Waals surface area contributed by atoms with Crippen molar-refractivity contribution >= 4 is 19.5 Å². The molecule has 1 aromatic heterocycles. The minimum Gasteiger partial charge on any atom is -0.480 e. The molecule has 37 heavy (non-hydrogen) atoms. The van der Waals surface area contributed by atoms with E-state index in [-0.39, 0.29) is 5.88 Å². The molecule has 2 aromatic rings. The molecular formula is C22H28F3N2O9P. The molecule has 15 heteroatoms. The van der Waals surface area contributed by atoms with E-state index in [0.29, 0.717) is 24.3 Å². The van der Waals surface area contributed by atoms with Crippen molar-refractivity contribution in [3.63, 3.8) is 0 Å². The van der Waals surface area contributed by atoms with Gasteiger partial charge in [0.1, 0.15) is 11.5 Å². The van der Waals surface area contributed by atoms with Crippen LogP contribution in [0.25, 0.3) is 0 Å². The lowest BCUT2D eigenvalue weighted by Crippen LogP contribution is -2.26. The minimum atomic E-state index is -4.45. The Morgan fingerprint density at radius 1 is 1.11 bits per heavy atom. The topological polar surface area (TPSA) is 165 Å². The van der Waals surface area contributed by atoms with Crippen LogP contribution in [0, 0.1) is 0 Å². The molecule has 0 aliphatic carbocycles. The molecule has 1 heterocycles. The van der Waals surface area contributed by atoms with E-state index in [2.05, 4.69) is 10.3 Å². The zero-order valence-corrected chi connectivity index (χ0v) is 20.9. The number of rotatable bonds is 12. The minimum absolute atomic E-state index is 0.0320. The van der Waals surface area contributed by atoms with E-state index in [1.54, 1.807) is 31.2 Å². The molecule has 0 amide bonds. The normalized spacial score (nSPS) is 12.1. The lowest BCUT2D eigenvalue weighted by Gasteiger charge is -2.14. The van der Waals surface area contributed by atoms with Gasteiger partial charge in [0.05, 0.1) is 25.0 Å². The molecular weight excluding hydrogens is 524 g/mol. The number of unbranched alkanes of at least 4 members (excludes halogenated alkanes) is 1. The lowest BCUT2D eigenvalue weighted by molar-refractivity contribution is -0.151. The second kappa shape index (κ2) is 15.2. The average Bonchev–Trinajstić information content (AvgIpc) is 2.79. The van der Waals surface area contributed by atoms with E-state index in [4.69, 9.17) is 29.1 Å². The zero-order valence-electron chi connectivity index (χ0n) is 20.0. The number of aromatic nitrogens is 1. The van der Waals surface area contributed by atoms with Crippen LogP contribution in [0.2, 0.25) is 0 Å². The van der Waals surface area contributed by atoms with E-state index in [1.165, 1.54) is 0 Å². The number of benzene rings is 1. The summed E-state index contributed by atoms with van der Waals surface area (Å²) >= 11 is 0. The predicted molar refractivity (Wildman–Crippen MR) is 124 cm³/mol. The molecule has 0 aliphatic rings. The van der Waals surface area contributed by atoms with Crippen molar-refractivity contribution in [2.45, 2.75) is 39.0 Å². The van der Waals surface area contributed by atoms with Crippen LogP contribution in [0.15, 0.2) is 42.6 Å². The molecule has 0 aliphatic heterocycles. The van der Waals surface area contributed by atoms with Gasteiger partial charge in [-0.15, -0.1) is 0 Å². The van der Waals surface area contributed by atoms with Gasteiger partial charge in [-0.2, -0.15) is 13.2 Å². The zero-order chi connectivity index (χ0) is 28.1. The highest BCUT2D eigenvalue weighted by molar-refractivity contribution is 7.51. The number of alkyl halides is 3. The summed E-state index contributed by atoms with van der Waals surface area (Å²) in [6, 6.07) is 8.31. The summed E-state index contributed by atoms with van der Waals surface area (Å²) in [7, 11) is -4.10. The van der Waals surface area contributed by atoms with Gasteiger partial charge >= 0.3 is 25.7 Å². The largest absolute Gasteiger partial charge is 0.480 e. The summed E-state index contributed by atoms with van der Waals surface area (Å²) in [5, 5.41) is 10.1. The Labute approximate surface area is 210 Å². The molecule has 0 bridgehead atoms. The summed E-state index contributed by atoms with van der Waals surface area (Å²) in [5.74, 6) is -0.758. The van der Waals surface area contributed by atoms with Gasteiger partial charge in [-0.05, 0) is 43.7 Å². The molecule has 0 spiro atoms. The maximum atomic E-state index is 12.5. The first-order chi connectivity index (χ1) is 17.2. The van der Waals surface area contributed by atoms with Gasteiger partial charge in [-0.3, -0.25) is 14.7 Å². The first-order valence-electron chi connectivity index (χ1n) is 10.8. The Hall–Kier alpha value is -3.19. The lowest BCUT2D eigenvalue weighted by atomic mass is 10.3. The van der Waals surface area contributed by atoms with Crippen LogP contribution in [-0.2, 0) is 25.1 Å². The smallest absolute Gasteiger partial charge is 0.417 e. The molecule has 4 N–H and O–H groups in total. The fourth-order valence-corrected chi connectivity index (χ4v) is 2.71. The second-order valence-electron chi connectivity index (χ2n) is 7.38. The van der Waals surface area contributed by atoms with Crippen molar-refractivity contribution in [3.05, 3.63) is 48.2 Å². The number of hydrogen-bond acceptors (Lipinski definition) is 8. The third-order valence-corrected chi connectivity index (χ3v) is 4.73. The van der Waals surface area contributed by atoms with Gasteiger partial charge in [0.15, 0.2) is 6.10 Å². The highest BCUT2D eigenvalue weighted by Gasteiger charge is 2.30. The molecule has 1 unspecified atom stereocenters. The fraction of sp³-hybridized carbons (Fsp3) is 0.409. The quantitative estimate of drug-likeness (QED) is 0.172. The molecule has 0 radical (unpaired) electrons. The highest BCUT2D eigenvalue weighted by Crippen LogP contribution is 2.32. The Morgan fingerprint density at radius 3 is 2.22 bits per heavy atom. The van der Waals surface area contributed by atoms with Crippen molar-refractivity contribution in [1.82, 2.24) is 10.3 Å². The highest BCUT2D eigenvalue weighted by atomic mass is 31.2. The summed E-state index contributed by atoms with van der Waals surface area (Å²) in [4.78, 5) is 41.5. The molecule has 2 rings (SSSR count). The summed E-state index contributed by atoms with van der Waals surface area (Å²) in [5.41, 5.74) is -0.849. The number of esters is 1. The van der Waals surface area contributed by atoms with Crippen molar-refractivity contribution < 1.29 is 56.4 Å². The molecule has 1 atom stereocenters. The van der Waals surface area contributed by atoms with Crippen LogP contribution in [0.5, 0.6) is 17.4 Å². The molecule has 206 valence electrons. The van der Waals surface area contributed by atoms with E-state index in [0.717, 1.165) is 25.0 Å². The van der Waals surface area contributed by atoms with Gasteiger partial charge in [0.2, 0.25) is 5.88 Å². The summed E-state index contributed by atoms with van der Waals surface area (Å²) in [6.45, 7) is 3.50. The van der Waals surface area contributed by atoms with Crippen LogP contribution in [0.1, 0.15) is 32.3 Å². The monoisotopic (exact) mass is 552 g/mol. The third kappa shape index (κ3) is 14.2. The van der Waals surface area contributed by atoms with Gasteiger partial charge in [-0.25, -0.2) is 9.78 Å². The van der Waals surface area contributed by atoms with Crippen LogP contribution in [-0.4, -0.2) is 57.4 Å². The number of carbonyl (C=O) groups is 2. The molecule has 0 fully saturated rings. The number of aliphatic carboxylic acids is 1. The van der Waals surface area contributed by atoms with Gasteiger partial charge in [0, 0.05) is 12.3 Å². The Bertz CT molecular complexity index is 1030. The predicted octanol–water partition coefficient (Wildman–Crippen LogP) is 3.80. The number of hydrogen-bond donors (Lipinski definition) is 4. The van der Waals surface area contributed by atoms with Crippen molar-refractivity contribution in [2.24, 2.45) is 0 Å². The Balaban J connectivity index is 0.000000580. The standard InChI is InChI=1S/C19H20F3NO4.C3H8NO5P/c1-3-4-11-25-18(24)13(2)26-15-6-8-16(9-7-15)27-17-10-5-14(12-23-17)19(20,21)22;5-3(6)1-4-2-10(7,8)9/h5-10,12-13H,3-4,11H2,1-2H3;4H,1-2H2,(H,5,6)(H2,7,8,9). The molecule has 1 aromatic carbocycles.